The fourth-order valence-electron chi connectivity index (χ4n) is 2.62. The van der Waals surface area contributed by atoms with Crippen molar-refractivity contribution in [3.8, 4) is 5.75 Å². The number of rotatable bonds is 5. The van der Waals surface area contributed by atoms with Gasteiger partial charge in [0.25, 0.3) is 5.91 Å². The number of nitrogens with zero attached hydrogens (tertiary/aromatic N) is 1. The quantitative estimate of drug-likeness (QED) is 0.575. The first-order chi connectivity index (χ1) is 12.1. The zero-order valence-corrected chi connectivity index (χ0v) is 15.8. The molecule has 128 valence electrons. The number of thioether (sulfide) groups is 1. The minimum atomic E-state index is -0.00763. The third kappa shape index (κ3) is 4.11. The number of thiocarbonyl (C=S) groups is 1. The van der Waals surface area contributed by atoms with Crippen LogP contribution in [0.15, 0.2) is 53.4 Å². The Balaban J connectivity index is 1.70. The van der Waals surface area contributed by atoms with Crippen molar-refractivity contribution < 1.29 is 9.53 Å². The van der Waals surface area contributed by atoms with Crippen molar-refractivity contribution >= 4 is 40.3 Å². The summed E-state index contributed by atoms with van der Waals surface area (Å²) in [5.74, 6) is 0.822. The van der Waals surface area contributed by atoms with E-state index in [-0.39, 0.29) is 5.91 Å². The van der Waals surface area contributed by atoms with Crippen molar-refractivity contribution in [2.45, 2.75) is 13.3 Å². The van der Waals surface area contributed by atoms with Crippen LogP contribution in [0.1, 0.15) is 16.7 Å². The Bertz CT molecular complexity index is 828. The standard InChI is InChI=1S/C20H19NO2S2/c1-14-5-3-4-6-16(14)13-18-19(22)21(20(24)25-18)12-11-15-7-9-17(23-2)10-8-15/h3-10,13H,11-12H2,1-2H3. The molecule has 1 aliphatic heterocycles. The maximum Gasteiger partial charge on any atom is 0.266 e. The summed E-state index contributed by atoms with van der Waals surface area (Å²) in [5.41, 5.74) is 3.35. The van der Waals surface area contributed by atoms with Gasteiger partial charge in [-0.2, -0.15) is 0 Å². The summed E-state index contributed by atoms with van der Waals surface area (Å²) in [6, 6.07) is 15.9. The van der Waals surface area contributed by atoms with Crippen molar-refractivity contribution in [1.29, 1.82) is 0 Å². The molecule has 0 aromatic heterocycles. The van der Waals surface area contributed by atoms with Crippen LogP contribution in [0.2, 0.25) is 0 Å². The molecule has 25 heavy (non-hydrogen) atoms. The van der Waals surface area contributed by atoms with Crippen LogP contribution in [-0.2, 0) is 11.2 Å². The zero-order chi connectivity index (χ0) is 17.8. The summed E-state index contributed by atoms with van der Waals surface area (Å²) in [7, 11) is 1.65. The number of carbonyl (C=O) groups is 1. The Morgan fingerprint density at radius 3 is 2.56 bits per heavy atom. The van der Waals surface area contributed by atoms with E-state index in [1.54, 1.807) is 12.0 Å². The lowest BCUT2D eigenvalue weighted by molar-refractivity contribution is -0.122. The summed E-state index contributed by atoms with van der Waals surface area (Å²) in [6.07, 6.45) is 2.69. The van der Waals surface area contributed by atoms with Crippen LogP contribution in [0.4, 0.5) is 0 Å². The molecule has 3 rings (SSSR count). The first-order valence-electron chi connectivity index (χ1n) is 8.02. The van der Waals surface area contributed by atoms with E-state index in [1.807, 2.05) is 61.5 Å². The SMILES string of the molecule is COc1ccc(CCN2C(=O)C(=Cc3ccccc3C)SC2=S)cc1. The third-order valence-corrected chi connectivity index (χ3v) is 5.51. The summed E-state index contributed by atoms with van der Waals surface area (Å²) in [5, 5.41) is 0. The fourth-order valence-corrected chi connectivity index (χ4v) is 3.92. The average molecular weight is 370 g/mol. The minimum Gasteiger partial charge on any atom is -0.497 e. The maximum absolute atomic E-state index is 12.7. The van der Waals surface area contributed by atoms with Crippen molar-refractivity contribution in [2.24, 2.45) is 0 Å². The van der Waals surface area contributed by atoms with Crippen LogP contribution in [-0.4, -0.2) is 28.8 Å². The first-order valence-corrected chi connectivity index (χ1v) is 9.25. The molecule has 3 nitrogen and oxygen atoms in total. The molecule has 1 amide bonds. The van der Waals surface area contributed by atoms with Crippen molar-refractivity contribution in [1.82, 2.24) is 4.90 Å². The van der Waals surface area contributed by atoms with E-state index in [1.165, 1.54) is 11.8 Å². The molecule has 2 aromatic carbocycles. The molecule has 1 saturated heterocycles. The highest BCUT2D eigenvalue weighted by Gasteiger charge is 2.31. The number of hydrogen-bond donors (Lipinski definition) is 0. The molecule has 2 aromatic rings. The summed E-state index contributed by atoms with van der Waals surface area (Å²) in [4.78, 5) is 15.1. The summed E-state index contributed by atoms with van der Waals surface area (Å²) < 4.78 is 5.79. The lowest BCUT2D eigenvalue weighted by Crippen LogP contribution is -2.30. The number of benzene rings is 2. The number of amides is 1. The molecule has 0 atom stereocenters. The molecule has 0 N–H and O–H groups in total. The van der Waals surface area contributed by atoms with Crippen molar-refractivity contribution in [3.05, 3.63) is 70.1 Å². The highest BCUT2D eigenvalue weighted by atomic mass is 32.2. The second-order valence-corrected chi connectivity index (χ2v) is 7.46. The van der Waals surface area contributed by atoms with Gasteiger partial charge in [0.2, 0.25) is 0 Å². The third-order valence-electron chi connectivity index (χ3n) is 4.13. The van der Waals surface area contributed by atoms with Gasteiger partial charge in [-0.15, -0.1) is 0 Å². The maximum atomic E-state index is 12.7. The predicted molar refractivity (Wildman–Crippen MR) is 108 cm³/mol. The lowest BCUT2D eigenvalue weighted by atomic mass is 10.1. The molecule has 5 heteroatoms. The Morgan fingerprint density at radius 1 is 1.16 bits per heavy atom. The van der Waals surface area contributed by atoms with Crippen LogP contribution in [0.5, 0.6) is 5.75 Å². The second kappa shape index (κ2) is 7.85. The van der Waals surface area contributed by atoms with Crippen molar-refractivity contribution in [3.63, 3.8) is 0 Å². The van der Waals surface area contributed by atoms with Gasteiger partial charge in [-0.3, -0.25) is 9.69 Å². The van der Waals surface area contributed by atoms with E-state index < -0.39 is 0 Å². The molecule has 1 fully saturated rings. The Hall–Kier alpha value is -2.11. The Morgan fingerprint density at radius 2 is 1.88 bits per heavy atom. The van der Waals surface area contributed by atoms with Gasteiger partial charge in [0.15, 0.2) is 0 Å². The van der Waals surface area contributed by atoms with E-state index in [9.17, 15) is 4.79 Å². The molecule has 1 aliphatic rings. The van der Waals surface area contributed by atoms with Gasteiger partial charge in [0, 0.05) is 6.54 Å². The van der Waals surface area contributed by atoms with Crippen LogP contribution >= 0.6 is 24.0 Å². The average Bonchev–Trinajstić information content (AvgIpc) is 2.89. The normalized spacial score (nSPS) is 15.9. The van der Waals surface area contributed by atoms with E-state index >= 15 is 0 Å². The molecule has 1 heterocycles. The van der Waals surface area contributed by atoms with Gasteiger partial charge in [0.1, 0.15) is 10.1 Å². The number of carbonyl (C=O) groups excluding carboxylic acids is 1. The Labute approximate surface area is 157 Å². The Kier molecular flexibility index (Phi) is 5.56. The molecular formula is C20H19NO2S2. The van der Waals surface area contributed by atoms with Gasteiger partial charge < -0.3 is 4.74 Å². The largest absolute Gasteiger partial charge is 0.497 e. The highest BCUT2D eigenvalue weighted by Crippen LogP contribution is 2.33. The number of methoxy groups -OCH3 is 1. The molecule has 0 spiro atoms. The predicted octanol–water partition coefficient (Wildman–Crippen LogP) is 4.45. The van der Waals surface area contributed by atoms with Crippen LogP contribution < -0.4 is 4.74 Å². The molecule has 0 unspecified atom stereocenters. The number of ether oxygens (including phenoxy) is 1. The highest BCUT2D eigenvalue weighted by molar-refractivity contribution is 8.26. The summed E-state index contributed by atoms with van der Waals surface area (Å²) >= 11 is 6.78. The number of hydrogen-bond acceptors (Lipinski definition) is 4. The first kappa shape index (κ1) is 17.7. The van der Waals surface area contributed by atoms with Crippen molar-refractivity contribution in [2.75, 3.05) is 13.7 Å². The topological polar surface area (TPSA) is 29.5 Å². The molecular weight excluding hydrogens is 350 g/mol. The van der Waals surface area contributed by atoms with E-state index in [2.05, 4.69) is 0 Å². The van der Waals surface area contributed by atoms with E-state index in [4.69, 9.17) is 17.0 Å². The lowest BCUT2D eigenvalue weighted by Gasteiger charge is -2.14. The van der Waals surface area contributed by atoms with E-state index in [0.717, 1.165) is 28.9 Å². The van der Waals surface area contributed by atoms with Gasteiger partial charge in [0.05, 0.1) is 12.0 Å². The zero-order valence-electron chi connectivity index (χ0n) is 14.2. The second-order valence-electron chi connectivity index (χ2n) is 5.79. The monoisotopic (exact) mass is 369 g/mol. The van der Waals surface area contributed by atoms with Crippen LogP contribution in [0.3, 0.4) is 0 Å². The van der Waals surface area contributed by atoms with Gasteiger partial charge in [-0.05, 0) is 48.2 Å². The molecule has 0 aliphatic carbocycles. The van der Waals surface area contributed by atoms with Crippen LogP contribution in [0, 0.1) is 6.92 Å². The summed E-state index contributed by atoms with van der Waals surface area (Å²) in [6.45, 7) is 2.62. The smallest absolute Gasteiger partial charge is 0.266 e. The molecule has 0 bridgehead atoms. The number of aryl methyl sites for hydroxylation is 1. The minimum absolute atomic E-state index is 0.00763. The molecule has 0 radical (unpaired) electrons. The van der Waals surface area contributed by atoms with Gasteiger partial charge in [-0.25, -0.2) is 0 Å². The van der Waals surface area contributed by atoms with Crippen LogP contribution in [0.25, 0.3) is 6.08 Å². The van der Waals surface area contributed by atoms with Gasteiger partial charge >= 0.3 is 0 Å². The fraction of sp³-hybridized carbons (Fsp3) is 0.200. The van der Waals surface area contributed by atoms with Gasteiger partial charge in [-0.1, -0.05) is 60.4 Å². The van der Waals surface area contributed by atoms with E-state index in [0.29, 0.717) is 15.8 Å². The molecule has 0 saturated carbocycles.